The highest BCUT2D eigenvalue weighted by Gasteiger charge is 2.56. The smallest absolute Gasteiger partial charge is 0.381 e. The number of rotatable bonds is 8. The lowest BCUT2D eigenvalue weighted by Crippen LogP contribution is -2.25. The van der Waals surface area contributed by atoms with Crippen LogP contribution in [0, 0.1) is 17.8 Å². The number of halogens is 3. The molecule has 1 aromatic carbocycles. The van der Waals surface area contributed by atoms with E-state index in [0.717, 1.165) is 5.69 Å². The van der Waals surface area contributed by atoms with Crippen LogP contribution in [0.25, 0.3) is 11.6 Å². The zero-order chi connectivity index (χ0) is 23.9. The Labute approximate surface area is 192 Å². The number of hydrogen-bond donors (Lipinski definition) is 1. The van der Waals surface area contributed by atoms with Crippen LogP contribution in [0.4, 0.5) is 36.8 Å². The highest BCUT2D eigenvalue weighted by molar-refractivity contribution is 5.59. The summed E-state index contributed by atoms with van der Waals surface area (Å²) < 4.78 is 47.3. The highest BCUT2D eigenvalue weighted by Crippen LogP contribution is 2.52. The predicted molar refractivity (Wildman–Crippen MR) is 116 cm³/mol. The lowest BCUT2D eigenvalue weighted by atomic mass is 10.3. The van der Waals surface area contributed by atoms with Gasteiger partial charge in [-0.2, -0.15) is 33.1 Å². The Hall–Kier alpha value is -3.48. The quantitative estimate of drug-likeness (QED) is 0.486. The van der Waals surface area contributed by atoms with Gasteiger partial charge in [0, 0.05) is 25.8 Å². The van der Waals surface area contributed by atoms with Gasteiger partial charge in [-0.3, -0.25) is 0 Å². The molecule has 13 heteroatoms. The predicted octanol–water partition coefficient (Wildman–Crippen LogP) is 2.92. The van der Waals surface area contributed by atoms with E-state index in [0.29, 0.717) is 43.5 Å². The maximum Gasteiger partial charge on any atom is 0.391 e. The van der Waals surface area contributed by atoms with Crippen LogP contribution in [0.3, 0.4) is 0 Å². The summed E-state index contributed by atoms with van der Waals surface area (Å²) in [6, 6.07) is 9.90. The molecule has 2 fully saturated rings. The van der Waals surface area contributed by atoms with E-state index in [1.807, 2.05) is 42.3 Å². The van der Waals surface area contributed by atoms with Crippen LogP contribution >= 0.6 is 0 Å². The van der Waals surface area contributed by atoms with E-state index in [9.17, 15) is 13.2 Å². The number of hydrogen-bond acceptors (Lipinski definition) is 10. The lowest BCUT2D eigenvalue weighted by molar-refractivity contribution is -0.145. The molecule has 2 N–H and O–H groups in total. The molecule has 0 bridgehead atoms. The maximum atomic E-state index is 12.2. The molecule has 5 rings (SSSR count). The average Bonchev–Trinajstić information content (AvgIpc) is 3.17. The van der Waals surface area contributed by atoms with Crippen LogP contribution in [0.15, 0.2) is 34.9 Å². The SMILES string of the molecule is CN(c1ccccc1)c1nc(N)nc(-c2noc(N3CC4C(COCCC(F)(F)F)C4C3)n2)n1. The average molecular weight is 476 g/mol. The minimum absolute atomic E-state index is 0.0323. The van der Waals surface area contributed by atoms with Gasteiger partial charge in [0.2, 0.25) is 23.5 Å². The van der Waals surface area contributed by atoms with Crippen molar-refractivity contribution in [2.75, 3.05) is 48.9 Å². The molecule has 34 heavy (non-hydrogen) atoms. The molecular formula is C21H23F3N8O2. The Morgan fingerprint density at radius 3 is 2.53 bits per heavy atom. The molecule has 3 heterocycles. The van der Waals surface area contributed by atoms with Gasteiger partial charge in [-0.25, -0.2) is 0 Å². The summed E-state index contributed by atoms with van der Waals surface area (Å²) >= 11 is 0. The van der Waals surface area contributed by atoms with Gasteiger partial charge in [0.25, 0.3) is 0 Å². The number of benzene rings is 1. The summed E-state index contributed by atoms with van der Waals surface area (Å²) in [5.41, 5.74) is 6.77. The topological polar surface area (TPSA) is 119 Å². The number of nitrogen functional groups attached to an aromatic ring is 1. The first-order chi connectivity index (χ1) is 16.3. The van der Waals surface area contributed by atoms with E-state index in [-0.39, 0.29) is 30.1 Å². The van der Waals surface area contributed by atoms with Gasteiger partial charge in [-0.15, -0.1) is 0 Å². The monoisotopic (exact) mass is 476 g/mol. The highest BCUT2D eigenvalue weighted by atomic mass is 19.4. The van der Waals surface area contributed by atoms with Gasteiger partial charge >= 0.3 is 12.2 Å². The van der Waals surface area contributed by atoms with E-state index >= 15 is 0 Å². The fraction of sp³-hybridized carbons (Fsp3) is 0.476. The van der Waals surface area contributed by atoms with Gasteiger partial charge < -0.3 is 24.8 Å². The zero-order valence-electron chi connectivity index (χ0n) is 18.3. The fourth-order valence-electron chi connectivity index (χ4n) is 4.29. The van der Waals surface area contributed by atoms with E-state index < -0.39 is 12.6 Å². The number of fused-ring (bicyclic) bond motifs is 1. The molecule has 0 radical (unpaired) electrons. The number of para-hydroxylation sites is 1. The van der Waals surface area contributed by atoms with Crippen molar-refractivity contribution in [2.24, 2.45) is 17.8 Å². The van der Waals surface area contributed by atoms with E-state index in [1.165, 1.54) is 0 Å². The molecule has 10 nitrogen and oxygen atoms in total. The third-order valence-electron chi connectivity index (χ3n) is 6.18. The van der Waals surface area contributed by atoms with Crippen LogP contribution in [-0.4, -0.2) is 64.6 Å². The fourth-order valence-corrected chi connectivity index (χ4v) is 4.29. The van der Waals surface area contributed by atoms with Crippen molar-refractivity contribution in [1.29, 1.82) is 0 Å². The van der Waals surface area contributed by atoms with Crippen LogP contribution < -0.4 is 15.5 Å². The molecule has 0 amide bonds. The second-order valence-electron chi connectivity index (χ2n) is 8.45. The van der Waals surface area contributed by atoms with Crippen LogP contribution in [-0.2, 0) is 4.74 Å². The number of anilines is 4. The normalized spacial score (nSPS) is 21.5. The van der Waals surface area contributed by atoms with Crippen LogP contribution in [0.1, 0.15) is 6.42 Å². The molecule has 0 spiro atoms. The van der Waals surface area contributed by atoms with Crippen molar-refractivity contribution in [3.63, 3.8) is 0 Å². The van der Waals surface area contributed by atoms with Gasteiger partial charge in [0.05, 0.1) is 19.6 Å². The Kier molecular flexibility index (Phi) is 5.71. The van der Waals surface area contributed by atoms with E-state index in [4.69, 9.17) is 15.0 Å². The van der Waals surface area contributed by atoms with Crippen molar-refractivity contribution in [3.8, 4) is 11.6 Å². The third kappa shape index (κ3) is 4.74. The second-order valence-corrected chi connectivity index (χ2v) is 8.45. The lowest BCUT2D eigenvalue weighted by Gasteiger charge is -2.17. The van der Waals surface area contributed by atoms with Crippen molar-refractivity contribution < 1.29 is 22.4 Å². The summed E-state index contributed by atoms with van der Waals surface area (Å²) in [5, 5.41) is 4.00. The summed E-state index contributed by atoms with van der Waals surface area (Å²) in [5.74, 6) is 1.73. The molecule has 1 aliphatic heterocycles. The first kappa shape index (κ1) is 22.3. The first-order valence-electron chi connectivity index (χ1n) is 10.8. The number of nitrogens with two attached hydrogens (primary N) is 1. The standard InChI is InChI=1S/C21H23F3N8O2/c1-31(12-5-3-2-4-6-12)19-27-16(26-18(25)29-19)17-28-20(34-30-17)32-9-13-14(10-32)15(13)11-33-8-7-21(22,23)24/h2-6,13-15H,7-11H2,1H3,(H2,25,26,27,29). The third-order valence-corrected chi connectivity index (χ3v) is 6.18. The Balaban J connectivity index is 1.20. The molecular weight excluding hydrogens is 453 g/mol. The Morgan fingerprint density at radius 1 is 1.09 bits per heavy atom. The summed E-state index contributed by atoms with van der Waals surface area (Å²) in [6.45, 7) is 1.41. The minimum atomic E-state index is -4.19. The van der Waals surface area contributed by atoms with E-state index in [2.05, 4.69) is 25.1 Å². The Bertz CT molecular complexity index is 1130. The molecule has 3 aromatic rings. The summed E-state index contributed by atoms with van der Waals surface area (Å²) in [6.07, 6.45) is -5.11. The van der Waals surface area contributed by atoms with Gasteiger partial charge in [0.15, 0.2) is 0 Å². The molecule has 2 atom stereocenters. The van der Waals surface area contributed by atoms with Crippen molar-refractivity contribution in [3.05, 3.63) is 30.3 Å². The molecule has 1 saturated heterocycles. The molecule has 2 unspecified atom stereocenters. The van der Waals surface area contributed by atoms with Crippen LogP contribution in [0.2, 0.25) is 0 Å². The molecule has 2 aromatic heterocycles. The van der Waals surface area contributed by atoms with Gasteiger partial charge in [-0.05, 0) is 29.9 Å². The molecule has 1 saturated carbocycles. The van der Waals surface area contributed by atoms with Crippen molar-refractivity contribution in [1.82, 2.24) is 25.1 Å². The number of nitrogens with zero attached hydrogens (tertiary/aromatic N) is 7. The second kappa shape index (κ2) is 8.70. The molecule has 180 valence electrons. The van der Waals surface area contributed by atoms with Crippen molar-refractivity contribution in [2.45, 2.75) is 12.6 Å². The number of aromatic nitrogens is 5. The number of ether oxygens (including phenoxy) is 1. The number of alkyl halides is 3. The molecule has 2 aliphatic rings. The van der Waals surface area contributed by atoms with Gasteiger partial charge in [-0.1, -0.05) is 23.4 Å². The number of piperidine rings is 1. The van der Waals surface area contributed by atoms with Crippen LogP contribution in [0.5, 0.6) is 0 Å². The largest absolute Gasteiger partial charge is 0.391 e. The van der Waals surface area contributed by atoms with Crippen molar-refractivity contribution >= 4 is 23.6 Å². The summed E-state index contributed by atoms with van der Waals surface area (Å²) in [4.78, 5) is 20.9. The van der Waals surface area contributed by atoms with E-state index in [1.54, 1.807) is 4.90 Å². The zero-order valence-corrected chi connectivity index (χ0v) is 18.3. The maximum absolute atomic E-state index is 12.2. The van der Waals surface area contributed by atoms with Gasteiger partial charge in [0.1, 0.15) is 0 Å². The minimum Gasteiger partial charge on any atom is -0.381 e. The Morgan fingerprint density at radius 2 is 1.82 bits per heavy atom. The summed E-state index contributed by atoms with van der Waals surface area (Å²) in [7, 11) is 1.81. The first-order valence-corrected chi connectivity index (χ1v) is 10.8. The molecule has 1 aliphatic carbocycles.